The number of nitrogen functional groups attached to an aromatic ring is 2. The van der Waals surface area contributed by atoms with Crippen molar-refractivity contribution in [3.63, 3.8) is 0 Å². The molecule has 2 aromatic carbocycles. The van der Waals surface area contributed by atoms with Gasteiger partial charge in [-0.2, -0.15) is 0 Å². The second-order valence-electron chi connectivity index (χ2n) is 3.81. The molecular weight excluding hydrogens is 250 g/mol. The smallest absolute Gasteiger partial charge is 0.121 e. The zero-order valence-electron chi connectivity index (χ0n) is 9.91. The molecule has 0 unspecified atom stereocenters. The Bertz CT molecular complexity index is 572. The molecule has 0 aliphatic rings. The number of nitrogens with two attached hydrogens (primary N) is 2. The van der Waals surface area contributed by atoms with E-state index in [-0.39, 0.29) is 0 Å². The topological polar surface area (TPSA) is 73.3 Å². The maximum Gasteiger partial charge on any atom is 0.121 e. The van der Waals surface area contributed by atoms with Crippen LogP contribution in [0.5, 0.6) is 5.75 Å². The Morgan fingerprint density at radius 3 is 2.50 bits per heavy atom. The van der Waals surface area contributed by atoms with Crippen LogP contribution in [0.15, 0.2) is 36.4 Å². The van der Waals surface area contributed by atoms with Gasteiger partial charge in [0.25, 0.3) is 0 Å². The molecule has 0 radical (unpaired) electrons. The van der Waals surface area contributed by atoms with Crippen molar-refractivity contribution in [1.29, 1.82) is 0 Å². The normalized spacial score (nSPS) is 10.1. The molecular formula is C13H14ClN3O. The maximum absolute atomic E-state index is 6.10. The third kappa shape index (κ3) is 2.60. The van der Waals surface area contributed by atoms with Crippen LogP contribution >= 0.6 is 11.6 Å². The van der Waals surface area contributed by atoms with Crippen molar-refractivity contribution < 1.29 is 4.74 Å². The van der Waals surface area contributed by atoms with Crippen molar-refractivity contribution in [3.05, 3.63) is 41.4 Å². The van der Waals surface area contributed by atoms with Crippen molar-refractivity contribution in [2.75, 3.05) is 23.9 Å². The summed E-state index contributed by atoms with van der Waals surface area (Å²) in [6.07, 6.45) is 0. The fraction of sp³-hybridized carbons (Fsp3) is 0.0769. The molecule has 0 saturated carbocycles. The van der Waals surface area contributed by atoms with E-state index in [9.17, 15) is 0 Å². The first kappa shape index (κ1) is 12.4. The summed E-state index contributed by atoms with van der Waals surface area (Å²) in [4.78, 5) is 0. The van der Waals surface area contributed by atoms with Crippen molar-refractivity contribution in [3.8, 4) is 5.75 Å². The van der Waals surface area contributed by atoms with E-state index in [1.165, 1.54) is 0 Å². The number of anilines is 4. The lowest BCUT2D eigenvalue weighted by atomic mass is 10.2. The molecule has 5 N–H and O–H groups in total. The van der Waals surface area contributed by atoms with Crippen molar-refractivity contribution in [2.24, 2.45) is 0 Å². The quantitative estimate of drug-likeness (QED) is 0.743. The summed E-state index contributed by atoms with van der Waals surface area (Å²) >= 11 is 6.10. The van der Waals surface area contributed by atoms with Gasteiger partial charge in [0.15, 0.2) is 0 Å². The van der Waals surface area contributed by atoms with Crippen LogP contribution < -0.4 is 21.5 Å². The predicted molar refractivity (Wildman–Crippen MR) is 76.6 cm³/mol. The molecule has 2 rings (SSSR count). The highest BCUT2D eigenvalue weighted by Crippen LogP contribution is 2.30. The summed E-state index contributed by atoms with van der Waals surface area (Å²) in [5.74, 6) is 0.727. The zero-order valence-corrected chi connectivity index (χ0v) is 10.7. The van der Waals surface area contributed by atoms with Gasteiger partial charge in [0.1, 0.15) is 5.75 Å². The molecule has 0 heterocycles. The van der Waals surface area contributed by atoms with Gasteiger partial charge in [-0.25, -0.2) is 0 Å². The lowest BCUT2D eigenvalue weighted by molar-refractivity contribution is 0.415. The van der Waals surface area contributed by atoms with Crippen molar-refractivity contribution in [1.82, 2.24) is 0 Å². The number of hydrogen-bond donors (Lipinski definition) is 3. The molecule has 94 valence electrons. The molecule has 0 aliphatic carbocycles. The fourth-order valence-corrected chi connectivity index (χ4v) is 1.70. The summed E-state index contributed by atoms with van der Waals surface area (Å²) in [5.41, 5.74) is 14.1. The van der Waals surface area contributed by atoms with Gasteiger partial charge in [0.2, 0.25) is 0 Å². The molecule has 0 spiro atoms. The number of methoxy groups -OCH3 is 1. The molecule has 0 bridgehead atoms. The van der Waals surface area contributed by atoms with Crippen LogP contribution in [0, 0.1) is 0 Å². The third-order valence-electron chi connectivity index (χ3n) is 2.54. The highest BCUT2D eigenvalue weighted by molar-refractivity contribution is 6.33. The van der Waals surface area contributed by atoms with E-state index in [0.717, 1.165) is 17.1 Å². The lowest BCUT2D eigenvalue weighted by Gasteiger charge is -2.11. The van der Waals surface area contributed by atoms with Gasteiger partial charge in [-0.15, -0.1) is 0 Å². The Labute approximate surface area is 110 Å². The summed E-state index contributed by atoms with van der Waals surface area (Å²) < 4.78 is 5.15. The average molecular weight is 264 g/mol. The fourth-order valence-electron chi connectivity index (χ4n) is 1.54. The van der Waals surface area contributed by atoms with Gasteiger partial charge in [-0.05, 0) is 30.3 Å². The van der Waals surface area contributed by atoms with Crippen LogP contribution in [-0.2, 0) is 0 Å². The lowest BCUT2D eigenvalue weighted by Crippen LogP contribution is -1.97. The van der Waals surface area contributed by atoms with Crippen LogP contribution in [0.25, 0.3) is 0 Å². The molecule has 0 amide bonds. The van der Waals surface area contributed by atoms with E-state index in [1.54, 1.807) is 31.4 Å². The number of halogens is 1. The Morgan fingerprint density at radius 1 is 1.06 bits per heavy atom. The van der Waals surface area contributed by atoms with Gasteiger partial charge >= 0.3 is 0 Å². The summed E-state index contributed by atoms with van der Waals surface area (Å²) in [7, 11) is 1.61. The number of hydrogen-bond acceptors (Lipinski definition) is 4. The second kappa shape index (κ2) is 5.06. The Balaban J connectivity index is 2.30. The van der Waals surface area contributed by atoms with Gasteiger partial charge in [0.05, 0.1) is 29.2 Å². The van der Waals surface area contributed by atoms with Gasteiger partial charge in [0, 0.05) is 11.8 Å². The first-order valence-electron chi connectivity index (χ1n) is 5.35. The summed E-state index contributed by atoms with van der Waals surface area (Å²) in [5, 5.41) is 3.77. The van der Waals surface area contributed by atoms with E-state index >= 15 is 0 Å². The molecule has 5 heteroatoms. The van der Waals surface area contributed by atoms with Crippen LogP contribution in [-0.4, -0.2) is 7.11 Å². The maximum atomic E-state index is 6.10. The second-order valence-corrected chi connectivity index (χ2v) is 4.22. The third-order valence-corrected chi connectivity index (χ3v) is 2.87. The van der Waals surface area contributed by atoms with Crippen molar-refractivity contribution >= 4 is 34.4 Å². The first-order valence-corrected chi connectivity index (χ1v) is 5.73. The summed E-state index contributed by atoms with van der Waals surface area (Å²) in [6.45, 7) is 0. The number of benzene rings is 2. The average Bonchev–Trinajstić information content (AvgIpc) is 2.36. The monoisotopic (exact) mass is 263 g/mol. The highest BCUT2D eigenvalue weighted by Gasteiger charge is 2.04. The Morgan fingerprint density at radius 2 is 1.83 bits per heavy atom. The van der Waals surface area contributed by atoms with E-state index < -0.39 is 0 Å². The molecule has 0 fully saturated rings. The minimum Gasteiger partial charge on any atom is -0.497 e. The standard InChI is InChI=1S/C13H14ClN3O/c1-18-9-3-4-10(14)13(7-9)17-8-2-5-11(15)12(16)6-8/h2-7,17H,15-16H2,1H3. The largest absolute Gasteiger partial charge is 0.497 e. The predicted octanol–water partition coefficient (Wildman–Crippen LogP) is 3.26. The molecule has 18 heavy (non-hydrogen) atoms. The zero-order chi connectivity index (χ0) is 13.1. The molecule has 4 nitrogen and oxygen atoms in total. The van der Waals surface area contributed by atoms with Crippen LogP contribution in [0.1, 0.15) is 0 Å². The van der Waals surface area contributed by atoms with Crippen LogP contribution in [0.2, 0.25) is 5.02 Å². The van der Waals surface area contributed by atoms with E-state index in [1.807, 2.05) is 12.1 Å². The minimum absolute atomic E-state index is 0.527. The van der Waals surface area contributed by atoms with E-state index in [0.29, 0.717) is 16.4 Å². The summed E-state index contributed by atoms with van der Waals surface area (Å²) in [6, 6.07) is 10.7. The first-order chi connectivity index (χ1) is 8.60. The Kier molecular flexibility index (Phi) is 3.48. The molecule has 0 aromatic heterocycles. The van der Waals surface area contributed by atoms with Gasteiger partial charge in [-0.3, -0.25) is 0 Å². The number of ether oxygens (including phenoxy) is 1. The molecule has 2 aromatic rings. The van der Waals surface area contributed by atoms with Crippen molar-refractivity contribution in [2.45, 2.75) is 0 Å². The number of nitrogens with one attached hydrogen (secondary N) is 1. The van der Waals surface area contributed by atoms with Gasteiger partial charge < -0.3 is 21.5 Å². The molecule has 0 aliphatic heterocycles. The van der Waals surface area contributed by atoms with Crippen LogP contribution in [0.4, 0.5) is 22.7 Å². The van der Waals surface area contributed by atoms with E-state index in [2.05, 4.69) is 5.32 Å². The minimum atomic E-state index is 0.527. The number of rotatable bonds is 3. The Hall–Kier alpha value is -2.07. The molecule has 0 atom stereocenters. The SMILES string of the molecule is COc1ccc(Cl)c(Nc2ccc(N)c(N)c2)c1. The van der Waals surface area contributed by atoms with Crippen LogP contribution in [0.3, 0.4) is 0 Å². The van der Waals surface area contributed by atoms with Gasteiger partial charge in [-0.1, -0.05) is 11.6 Å². The van der Waals surface area contributed by atoms with E-state index in [4.69, 9.17) is 27.8 Å². The molecule has 0 saturated heterocycles. The highest BCUT2D eigenvalue weighted by atomic mass is 35.5.